The monoisotopic (exact) mass is 908 g/mol. The molecule has 0 aromatic rings. The number of nitrogens with one attached hydrogen (secondary N) is 1. The van der Waals surface area contributed by atoms with Gasteiger partial charge < -0.3 is 19.4 Å². The molecule has 368 valence electrons. The summed E-state index contributed by atoms with van der Waals surface area (Å²) in [6, 6.07) is -0.851. The third-order valence-electron chi connectivity index (χ3n) is 11.3. The first kappa shape index (κ1) is 61.0. The molecular weight excluding hydrogens is 808 g/mol. The Bertz CT molecular complexity index is 1230. The SMILES string of the molecule is CC/C=C/C=C/C=C\CCCCCCCC(=O)OC(/C=C/CCCCCCCCCCC)C(COP(=O)(O)OCC[N+](C)(C)C)NC(=O)CCCCCCCCCCCCCCC. The first-order chi connectivity index (χ1) is 30.4. The van der Waals surface area contributed by atoms with Crippen LogP contribution in [0.25, 0.3) is 0 Å². The number of phosphoric ester groups is 1. The fraction of sp³-hybridized carbons (Fsp3) is 0.811. The zero-order valence-corrected chi connectivity index (χ0v) is 42.7. The van der Waals surface area contributed by atoms with Gasteiger partial charge in [-0.3, -0.25) is 18.6 Å². The van der Waals surface area contributed by atoms with Crippen LogP contribution in [0.3, 0.4) is 0 Å². The van der Waals surface area contributed by atoms with Crippen LogP contribution in [0.1, 0.15) is 226 Å². The zero-order chi connectivity index (χ0) is 46.5. The van der Waals surface area contributed by atoms with Gasteiger partial charge in [0, 0.05) is 12.8 Å². The smallest absolute Gasteiger partial charge is 0.456 e. The first-order valence-corrected chi connectivity index (χ1v) is 27.5. The number of amides is 1. The lowest BCUT2D eigenvalue weighted by Gasteiger charge is -2.27. The van der Waals surface area contributed by atoms with Gasteiger partial charge in [0.1, 0.15) is 19.3 Å². The van der Waals surface area contributed by atoms with Crippen LogP contribution in [0.15, 0.2) is 48.6 Å². The number of allylic oxidation sites excluding steroid dienone is 7. The van der Waals surface area contributed by atoms with Crippen LogP contribution in [0.2, 0.25) is 0 Å². The largest absolute Gasteiger partial charge is 0.472 e. The summed E-state index contributed by atoms with van der Waals surface area (Å²) in [4.78, 5) is 37.4. The van der Waals surface area contributed by atoms with Gasteiger partial charge in [0.05, 0.1) is 33.8 Å². The highest BCUT2D eigenvalue weighted by molar-refractivity contribution is 7.47. The fourth-order valence-corrected chi connectivity index (χ4v) is 8.03. The summed E-state index contributed by atoms with van der Waals surface area (Å²) in [5.41, 5.74) is 0. The topological polar surface area (TPSA) is 111 Å². The molecule has 0 rings (SSSR count). The van der Waals surface area contributed by atoms with Gasteiger partial charge in [-0.15, -0.1) is 0 Å². The van der Waals surface area contributed by atoms with Crippen molar-refractivity contribution in [1.29, 1.82) is 0 Å². The third-order valence-corrected chi connectivity index (χ3v) is 12.3. The van der Waals surface area contributed by atoms with Crippen molar-refractivity contribution < 1.29 is 37.3 Å². The normalized spacial score (nSPS) is 14.3. The van der Waals surface area contributed by atoms with E-state index >= 15 is 0 Å². The van der Waals surface area contributed by atoms with E-state index < -0.39 is 20.0 Å². The molecule has 10 heteroatoms. The van der Waals surface area contributed by atoms with Gasteiger partial charge in [0.15, 0.2) is 0 Å². The number of hydrogen-bond acceptors (Lipinski definition) is 6. The molecule has 2 N–H and O–H groups in total. The molecule has 0 radical (unpaired) electrons. The van der Waals surface area contributed by atoms with Crippen molar-refractivity contribution in [2.45, 2.75) is 238 Å². The van der Waals surface area contributed by atoms with Gasteiger partial charge in [0.2, 0.25) is 5.91 Å². The van der Waals surface area contributed by atoms with E-state index in [9.17, 15) is 19.0 Å². The predicted octanol–water partition coefficient (Wildman–Crippen LogP) is 15.0. The van der Waals surface area contributed by atoms with Crippen molar-refractivity contribution in [2.75, 3.05) is 40.9 Å². The van der Waals surface area contributed by atoms with Crippen LogP contribution >= 0.6 is 7.82 Å². The fourth-order valence-electron chi connectivity index (χ4n) is 7.29. The van der Waals surface area contributed by atoms with Crippen molar-refractivity contribution in [3.05, 3.63) is 48.6 Å². The number of quaternary nitrogens is 1. The van der Waals surface area contributed by atoms with Crippen molar-refractivity contribution in [2.24, 2.45) is 0 Å². The second-order valence-corrected chi connectivity index (χ2v) is 20.2. The van der Waals surface area contributed by atoms with E-state index in [4.69, 9.17) is 13.8 Å². The minimum absolute atomic E-state index is 0.0371. The van der Waals surface area contributed by atoms with Crippen LogP contribution in [-0.2, 0) is 27.9 Å². The van der Waals surface area contributed by atoms with Crippen LogP contribution in [0.5, 0.6) is 0 Å². The van der Waals surface area contributed by atoms with E-state index in [-0.39, 0.29) is 31.5 Å². The molecule has 0 fully saturated rings. The van der Waals surface area contributed by atoms with Gasteiger partial charge in [0.25, 0.3) is 0 Å². The van der Waals surface area contributed by atoms with Crippen LogP contribution in [-0.4, -0.2) is 74.3 Å². The Kier molecular flexibility index (Phi) is 42.4. The maximum atomic E-state index is 13.4. The Hall–Kier alpha value is -2.03. The van der Waals surface area contributed by atoms with E-state index in [1.807, 2.05) is 33.3 Å². The first-order valence-electron chi connectivity index (χ1n) is 26.0. The molecule has 0 aliphatic rings. The highest BCUT2D eigenvalue weighted by atomic mass is 31.2. The van der Waals surface area contributed by atoms with E-state index in [2.05, 4.69) is 62.5 Å². The molecule has 0 aliphatic heterocycles. The van der Waals surface area contributed by atoms with Crippen LogP contribution < -0.4 is 5.32 Å². The molecule has 0 heterocycles. The Labute approximate surface area is 388 Å². The maximum Gasteiger partial charge on any atom is 0.472 e. The van der Waals surface area contributed by atoms with E-state index in [0.29, 0.717) is 23.9 Å². The number of nitrogens with zero attached hydrogens (tertiary/aromatic N) is 1. The summed E-state index contributed by atoms with van der Waals surface area (Å²) in [5, 5.41) is 3.03. The lowest BCUT2D eigenvalue weighted by molar-refractivity contribution is -0.870. The number of hydrogen-bond donors (Lipinski definition) is 2. The van der Waals surface area contributed by atoms with Crippen molar-refractivity contribution >= 4 is 19.7 Å². The van der Waals surface area contributed by atoms with Crippen molar-refractivity contribution in [3.63, 3.8) is 0 Å². The lowest BCUT2D eigenvalue weighted by Crippen LogP contribution is -2.47. The average molecular weight is 908 g/mol. The molecule has 0 aromatic heterocycles. The number of rotatable bonds is 46. The summed E-state index contributed by atoms with van der Waals surface area (Å²) in [6.07, 6.45) is 51.0. The van der Waals surface area contributed by atoms with Gasteiger partial charge in [-0.25, -0.2) is 4.57 Å². The quantitative estimate of drug-likeness (QED) is 0.0156. The number of carbonyl (C=O) groups excluding carboxylic acids is 2. The molecule has 1 amide bonds. The Morgan fingerprint density at radius 2 is 1.02 bits per heavy atom. The second-order valence-electron chi connectivity index (χ2n) is 18.7. The maximum absolute atomic E-state index is 13.4. The highest BCUT2D eigenvalue weighted by Gasteiger charge is 2.30. The number of likely N-dealkylation sites (N-methyl/N-ethyl adjacent to an activating group) is 1. The molecule has 0 spiro atoms. The second kappa shape index (κ2) is 43.8. The minimum Gasteiger partial charge on any atom is -0.456 e. The number of esters is 1. The molecule has 0 bridgehead atoms. The molecule has 3 unspecified atom stereocenters. The summed E-state index contributed by atoms with van der Waals surface area (Å²) in [6.45, 7) is 6.85. The molecule has 0 saturated heterocycles. The van der Waals surface area contributed by atoms with Crippen molar-refractivity contribution in [1.82, 2.24) is 5.32 Å². The zero-order valence-electron chi connectivity index (χ0n) is 41.8. The summed E-state index contributed by atoms with van der Waals surface area (Å²) in [7, 11) is 1.48. The Morgan fingerprint density at radius 1 is 0.571 bits per heavy atom. The number of phosphoric acid groups is 1. The van der Waals surface area contributed by atoms with Gasteiger partial charge in [-0.05, 0) is 51.0 Å². The molecule has 3 atom stereocenters. The molecule has 0 aromatic carbocycles. The summed E-state index contributed by atoms with van der Waals surface area (Å²) < 4.78 is 30.5. The van der Waals surface area contributed by atoms with Gasteiger partial charge in [-0.1, -0.05) is 211 Å². The predicted molar refractivity (Wildman–Crippen MR) is 268 cm³/mol. The van der Waals surface area contributed by atoms with Crippen LogP contribution in [0, 0.1) is 0 Å². The third kappa shape index (κ3) is 44.9. The molecule has 9 nitrogen and oxygen atoms in total. The van der Waals surface area contributed by atoms with Gasteiger partial charge in [-0.2, -0.15) is 0 Å². The number of carbonyl (C=O) groups is 2. The number of unbranched alkanes of at least 4 members (excludes halogenated alkanes) is 26. The van der Waals surface area contributed by atoms with Crippen LogP contribution in [0.4, 0.5) is 0 Å². The summed E-state index contributed by atoms with van der Waals surface area (Å²) in [5.74, 6) is -0.528. The Balaban J connectivity index is 5.44. The van der Waals surface area contributed by atoms with E-state index in [0.717, 1.165) is 77.0 Å². The summed E-state index contributed by atoms with van der Waals surface area (Å²) >= 11 is 0. The molecule has 0 saturated carbocycles. The molecular formula is C53H100N2O7P+. The average Bonchev–Trinajstić information content (AvgIpc) is 3.23. The van der Waals surface area contributed by atoms with Crippen molar-refractivity contribution in [3.8, 4) is 0 Å². The molecule has 0 aliphatic carbocycles. The Morgan fingerprint density at radius 3 is 1.51 bits per heavy atom. The highest BCUT2D eigenvalue weighted by Crippen LogP contribution is 2.43. The lowest BCUT2D eigenvalue weighted by atomic mass is 10.0. The number of ether oxygens (including phenoxy) is 1. The minimum atomic E-state index is -4.44. The molecule has 63 heavy (non-hydrogen) atoms. The van der Waals surface area contributed by atoms with Gasteiger partial charge >= 0.3 is 13.8 Å². The van der Waals surface area contributed by atoms with E-state index in [1.54, 1.807) is 0 Å². The standard InChI is InChI=1S/C53H99N2O7P/c1-7-10-13-16-19-22-25-27-30-33-36-39-42-45-52(56)54-50(49-61-63(58,59)60-48-47-55(4,5)6)51(44-41-38-35-32-29-24-21-18-15-12-9-3)62-53(57)46-43-40-37-34-31-28-26-23-20-17-14-11-8-2/h11,14,17,20,23,26,41,44,50-51H,7-10,12-13,15-16,18-19,21-22,24-25,27-40,42-43,45-49H2,1-6H3,(H-,54,56,58,59)/p+1/b14-11+,20-17+,26-23-,44-41+. The van der Waals surface area contributed by atoms with E-state index in [1.165, 1.54) is 109 Å².